The van der Waals surface area contributed by atoms with Crippen LogP contribution in [0.5, 0.6) is 0 Å². The molecule has 3 aromatic carbocycles. The quantitative estimate of drug-likeness (QED) is 0.607. The Morgan fingerprint density at radius 1 is 1.03 bits per heavy atom. The summed E-state index contributed by atoms with van der Waals surface area (Å²) in [4.78, 5) is 17.7. The number of anilines is 1. The van der Waals surface area contributed by atoms with Gasteiger partial charge in [0.05, 0.1) is 10.9 Å². The molecule has 0 bridgehead atoms. The molecule has 1 saturated heterocycles. The Morgan fingerprint density at radius 3 is 2.42 bits per heavy atom. The molecule has 4 nitrogen and oxygen atoms in total. The lowest BCUT2D eigenvalue weighted by Crippen LogP contribution is -2.57. The minimum atomic E-state index is -0.944. The maximum absolute atomic E-state index is 14.3. The van der Waals surface area contributed by atoms with Crippen LogP contribution < -0.4 is 10.2 Å². The average Bonchev–Trinajstić information content (AvgIpc) is 3.47. The lowest BCUT2D eigenvalue weighted by molar-refractivity contribution is 0.0930. The Morgan fingerprint density at radius 2 is 1.76 bits per heavy atom. The van der Waals surface area contributed by atoms with Crippen molar-refractivity contribution in [3.63, 3.8) is 0 Å². The van der Waals surface area contributed by atoms with E-state index in [9.17, 15) is 18.0 Å². The summed E-state index contributed by atoms with van der Waals surface area (Å²) in [5.74, 6) is -2.71. The van der Waals surface area contributed by atoms with Crippen LogP contribution in [0.3, 0.4) is 0 Å². The van der Waals surface area contributed by atoms with Gasteiger partial charge in [-0.15, -0.1) is 0 Å². The van der Waals surface area contributed by atoms with E-state index in [4.69, 9.17) is 0 Å². The van der Waals surface area contributed by atoms with Crippen LogP contribution in [-0.4, -0.2) is 44.0 Å². The number of likely N-dealkylation sites (N-methyl/N-ethyl adjacent to an activating group) is 1. The number of hydrogen-bond donors (Lipinski definition) is 1. The second kappa shape index (κ2) is 7.76. The van der Waals surface area contributed by atoms with Gasteiger partial charge in [0, 0.05) is 36.4 Å². The number of fused-ring (bicyclic) bond motifs is 1. The minimum absolute atomic E-state index is 0.158. The second-order valence-electron chi connectivity index (χ2n) is 9.46. The van der Waals surface area contributed by atoms with Crippen LogP contribution >= 0.6 is 0 Å². The summed E-state index contributed by atoms with van der Waals surface area (Å²) in [6.45, 7) is 3.69. The van der Waals surface area contributed by atoms with Gasteiger partial charge in [-0.3, -0.25) is 4.79 Å². The van der Waals surface area contributed by atoms with Crippen molar-refractivity contribution in [2.45, 2.75) is 31.3 Å². The van der Waals surface area contributed by atoms with Gasteiger partial charge in [0.25, 0.3) is 5.91 Å². The fourth-order valence-electron chi connectivity index (χ4n) is 4.69. The van der Waals surface area contributed by atoms with E-state index in [0.29, 0.717) is 36.1 Å². The number of halogens is 3. The molecule has 1 saturated carbocycles. The molecule has 0 radical (unpaired) electrons. The van der Waals surface area contributed by atoms with Gasteiger partial charge in [-0.1, -0.05) is 12.1 Å². The zero-order valence-corrected chi connectivity index (χ0v) is 18.9. The fourth-order valence-corrected chi connectivity index (χ4v) is 4.69. The fraction of sp³-hybridized carbons (Fsp3) is 0.346. The molecule has 3 aromatic rings. The third kappa shape index (κ3) is 3.74. The predicted octanol–water partition coefficient (Wildman–Crippen LogP) is 4.73. The molecule has 1 amide bonds. The zero-order valence-electron chi connectivity index (χ0n) is 18.9. The predicted molar refractivity (Wildman–Crippen MR) is 123 cm³/mol. The van der Waals surface area contributed by atoms with Crippen LogP contribution in [0.2, 0.25) is 0 Å². The second-order valence-corrected chi connectivity index (χ2v) is 9.46. The van der Waals surface area contributed by atoms with E-state index < -0.39 is 23.0 Å². The monoisotopic (exact) mass is 453 g/mol. The third-order valence-corrected chi connectivity index (χ3v) is 7.02. The highest BCUT2D eigenvalue weighted by Gasteiger charge is 2.47. The van der Waals surface area contributed by atoms with Gasteiger partial charge in [-0.25, -0.2) is 13.2 Å². The molecule has 1 aliphatic heterocycles. The van der Waals surface area contributed by atoms with Crippen LogP contribution in [0, 0.1) is 24.4 Å². The summed E-state index contributed by atoms with van der Waals surface area (Å²) >= 11 is 0. The number of amides is 1. The summed E-state index contributed by atoms with van der Waals surface area (Å²) in [6.07, 6.45) is 1.24. The van der Waals surface area contributed by atoms with Crippen LogP contribution in [0.4, 0.5) is 18.9 Å². The number of nitrogens with zero attached hydrogens (tertiary/aromatic N) is 2. The molecule has 1 heterocycles. The maximum Gasteiger partial charge on any atom is 0.252 e. The van der Waals surface area contributed by atoms with Gasteiger partial charge in [-0.05, 0) is 74.6 Å². The third-order valence-electron chi connectivity index (χ3n) is 7.02. The van der Waals surface area contributed by atoms with E-state index in [-0.39, 0.29) is 16.7 Å². The van der Waals surface area contributed by atoms with E-state index >= 15 is 0 Å². The minimum Gasteiger partial charge on any atom is -0.368 e. The van der Waals surface area contributed by atoms with Gasteiger partial charge in [0.15, 0.2) is 0 Å². The van der Waals surface area contributed by atoms with Crippen molar-refractivity contribution in [2.24, 2.45) is 0 Å². The Bertz CT molecular complexity index is 1260. The first-order valence-corrected chi connectivity index (χ1v) is 11.1. The van der Waals surface area contributed by atoms with Crippen molar-refractivity contribution < 1.29 is 18.0 Å². The van der Waals surface area contributed by atoms with E-state index in [0.717, 1.165) is 30.4 Å². The first kappa shape index (κ1) is 21.8. The van der Waals surface area contributed by atoms with E-state index in [1.54, 1.807) is 0 Å². The number of carbonyl (C=O) groups excluding carboxylic acids is 1. The molecule has 0 spiro atoms. The summed E-state index contributed by atoms with van der Waals surface area (Å²) in [5.41, 5.74) is 2.17. The number of benzene rings is 3. The molecule has 1 aliphatic carbocycles. The molecule has 2 fully saturated rings. The standard InChI is InChI=1S/C26H26F3N3O/c1-15-4-5-17(32-13-18(14-32)31(2)3)12-19(15)25(33)30-26(8-9-26)21-6-7-22(28)24-20(21)10-16(27)11-23(24)29/h4-7,10-12,18H,8-9,13-14H2,1-3H3,(H,30,33). The number of hydrogen-bond acceptors (Lipinski definition) is 3. The normalized spacial score (nSPS) is 17.4. The van der Waals surface area contributed by atoms with E-state index in [1.807, 2.05) is 25.1 Å². The van der Waals surface area contributed by atoms with Gasteiger partial charge >= 0.3 is 0 Å². The van der Waals surface area contributed by atoms with E-state index in [2.05, 4.69) is 29.2 Å². The molecule has 0 unspecified atom stereocenters. The lowest BCUT2D eigenvalue weighted by atomic mass is 9.95. The molecule has 5 rings (SSSR count). The van der Waals surface area contributed by atoms with Gasteiger partial charge in [0.1, 0.15) is 17.5 Å². The van der Waals surface area contributed by atoms with Crippen molar-refractivity contribution in [1.29, 1.82) is 0 Å². The smallest absolute Gasteiger partial charge is 0.252 e. The summed E-state index contributed by atoms with van der Waals surface area (Å²) in [6, 6.07) is 10.9. The Kier molecular flexibility index (Phi) is 5.12. The van der Waals surface area contributed by atoms with E-state index in [1.165, 1.54) is 12.1 Å². The number of rotatable bonds is 5. The van der Waals surface area contributed by atoms with Gasteiger partial charge in [-0.2, -0.15) is 0 Å². The lowest BCUT2D eigenvalue weighted by Gasteiger charge is -2.44. The summed E-state index contributed by atoms with van der Waals surface area (Å²) in [7, 11) is 4.12. The highest BCUT2D eigenvalue weighted by Crippen LogP contribution is 2.49. The average molecular weight is 454 g/mol. The number of carbonyl (C=O) groups is 1. The van der Waals surface area contributed by atoms with Crippen molar-refractivity contribution in [1.82, 2.24) is 10.2 Å². The molecule has 2 aliphatic rings. The van der Waals surface area contributed by atoms with Crippen LogP contribution in [0.1, 0.15) is 34.3 Å². The SMILES string of the molecule is Cc1ccc(N2CC(N(C)C)C2)cc1C(=O)NC1(c2ccc(F)c3c(F)cc(F)cc23)CC1. The molecular weight excluding hydrogens is 427 g/mol. The molecular formula is C26H26F3N3O. The molecule has 0 aromatic heterocycles. The summed E-state index contributed by atoms with van der Waals surface area (Å²) in [5, 5.41) is 3.00. The van der Waals surface area contributed by atoms with Gasteiger partial charge < -0.3 is 15.1 Å². The number of nitrogens with one attached hydrogen (secondary N) is 1. The van der Waals surface area contributed by atoms with Crippen LogP contribution in [0.25, 0.3) is 10.8 Å². The highest BCUT2D eigenvalue weighted by atomic mass is 19.1. The van der Waals surface area contributed by atoms with Gasteiger partial charge in [0.2, 0.25) is 0 Å². The largest absolute Gasteiger partial charge is 0.368 e. The summed E-state index contributed by atoms with van der Waals surface area (Å²) < 4.78 is 42.6. The Labute approximate surface area is 191 Å². The molecule has 172 valence electrons. The van der Waals surface area contributed by atoms with Crippen LogP contribution in [-0.2, 0) is 5.54 Å². The zero-order chi connectivity index (χ0) is 23.5. The molecule has 33 heavy (non-hydrogen) atoms. The Balaban J connectivity index is 1.45. The van der Waals surface area contributed by atoms with Crippen molar-refractivity contribution in [3.05, 3.63) is 76.6 Å². The topological polar surface area (TPSA) is 35.6 Å². The first-order valence-electron chi connectivity index (χ1n) is 11.1. The first-order chi connectivity index (χ1) is 15.7. The molecule has 1 N–H and O–H groups in total. The number of aryl methyl sites for hydroxylation is 1. The van der Waals surface area contributed by atoms with Crippen molar-refractivity contribution in [3.8, 4) is 0 Å². The van der Waals surface area contributed by atoms with Crippen molar-refractivity contribution >= 4 is 22.4 Å². The van der Waals surface area contributed by atoms with Crippen molar-refractivity contribution in [2.75, 3.05) is 32.1 Å². The molecule has 0 atom stereocenters. The van der Waals surface area contributed by atoms with Crippen LogP contribution in [0.15, 0.2) is 42.5 Å². The maximum atomic E-state index is 14.3. The molecule has 7 heteroatoms. The highest BCUT2D eigenvalue weighted by molar-refractivity contribution is 5.98. The Hall–Kier alpha value is -3.06.